The number of hydrogen-bond donors (Lipinski definition) is 0. The number of aromatic nitrogens is 1. The number of para-hydroxylation sites is 4. The van der Waals surface area contributed by atoms with Gasteiger partial charge in [0.15, 0.2) is 0 Å². The van der Waals surface area contributed by atoms with E-state index in [9.17, 15) is 0 Å². The second-order valence-electron chi connectivity index (χ2n) is 30.2. The van der Waals surface area contributed by atoms with Gasteiger partial charge >= 0.3 is 0 Å². The topological polar surface area (TPSA) is 11.4 Å². The summed E-state index contributed by atoms with van der Waals surface area (Å²) in [4.78, 5) is 5.42. The highest BCUT2D eigenvalue weighted by Gasteiger charge is 2.46. The van der Waals surface area contributed by atoms with E-state index in [0.29, 0.717) is 0 Å². The highest BCUT2D eigenvalue weighted by atomic mass is 15.2. The fourth-order valence-electron chi connectivity index (χ4n) is 18.6. The normalized spacial score (nSPS) is 12.2. The lowest BCUT2D eigenvalue weighted by Gasteiger charge is -2.46. The highest BCUT2D eigenvalue weighted by Crippen LogP contribution is 2.55. The molecule has 530 valence electrons. The van der Waals surface area contributed by atoms with Gasteiger partial charge in [0, 0.05) is 55.8 Å². The van der Waals surface area contributed by atoms with Crippen LogP contribution < -0.4 is 26.2 Å². The Labute approximate surface area is 664 Å². The number of fused-ring (bicyclic) bond motifs is 9. The predicted molar refractivity (Wildman–Crippen MR) is 484 cm³/mol. The van der Waals surface area contributed by atoms with Crippen LogP contribution in [0.5, 0.6) is 0 Å². The summed E-state index contributed by atoms with van der Waals surface area (Å²) in [5.41, 5.74) is 36.1. The minimum Gasteiger partial charge on any atom is -0.310 e. The third kappa shape index (κ3) is 11.2. The molecule has 0 fully saturated rings. The fourth-order valence-corrected chi connectivity index (χ4v) is 18.6. The molecule has 0 unspecified atom stereocenters. The zero-order valence-electron chi connectivity index (χ0n) is 62.5. The Morgan fingerprint density at radius 3 is 0.816 bits per heavy atom. The Bertz CT molecular complexity index is 6550. The van der Waals surface area contributed by atoms with Crippen LogP contribution in [0.25, 0.3) is 160 Å². The molecule has 0 radical (unpaired) electrons. The van der Waals surface area contributed by atoms with E-state index in [0.717, 1.165) is 151 Å². The molecule has 3 heterocycles. The maximum atomic E-state index is 2.71. The van der Waals surface area contributed by atoms with Gasteiger partial charge in [0.05, 0.1) is 28.1 Å². The molecule has 2 aliphatic rings. The smallest absolute Gasteiger partial charge is 0.252 e. The predicted octanol–water partition coefficient (Wildman–Crippen LogP) is 27.8. The Morgan fingerprint density at radius 2 is 0.447 bits per heavy atom. The Kier molecular flexibility index (Phi) is 16.0. The maximum absolute atomic E-state index is 2.71. The summed E-state index contributed by atoms with van der Waals surface area (Å²) >= 11 is 0. The van der Waals surface area contributed by atoms with Crippen molar-refractivity contribution in [2.24, 2.45) is 0 Å². The largest absolute Gasteiger partial charge is 0.310 e. The van der Waals surface area contributed by atoms with Crippen LogP contribution in [0.4, 0.5) is 34.1 Å². The number of anilines is 6. The van der Waals surface area contributed by atoms with Crippen LogP contribution in [0.3, 0.4) is 0 Å². The zero-order chi connectivity index (χ0) is 75.2. The maximum Gasteiger partial charge on any atom is 0.252 e. The Hall–Kier alpha value is -14.8. The van der Waals surface area contributed by atoms with E-state index in [1.807, 2.05) is 0 Å². The Balaban J connectivity index is 0.925. The molecule has 0 spiro atoms. The summed E-state index contributed by atoms with van der Waals surface area (Å²) < 4.78 is 2.55. The third-order valence-electron chi connectivity index (χ3n) is 23.7. The summed E-state index contributed by atoms with van der Waals surface area (Å²) in [6, 6.07) is 164. The zero-order valence-corrected chi connectivity index (χ0v) is 62.5. The highest BCUT2D eigenvalue weighted by molar-refractivity contribution is 7.00. The van der Waals surface area contributed by atoms with Crippen molar-refractivity contribution in [1.29, 1.82) is 0 Å². The van der Waals surface area contributed by atoms with Crippen LogP contribution in [-0.4, -0.2) is 11.3 Å². The van der Waals surface area contributed by atoms with Gasteiger partial charge in [0.2, 0.25) is 0 Å². The molecule has 2 aliphatic heterocycles. The first-order chi connectivity index (χ1) is 56.6. The van der Waals surface area contributed by atoms with E-state index in [1.165, 1.54) is 59.8 Å². The van der Waals surface area contributed by atoms with Crippen molar-refractivity contribution >= 4 is 101 Å². The van der Waals surface area contributed by atoms with E-state index in [1.54, 1.807) is 0 Å². The van der Waals surface area contributed by atoms with Gasteiger partial charge in [-0.2, -0.15) is 0 Å². The lowest BCUT2D eigenvalue weighted by molar-refractivity contribution is 1.16. The van der Waals surface area contributed by atoms with Crippen molar-refractivity contribution in [3.8, 4) is 117 Å². The van der Waals surface area contributed by atoms with Crippen molar-refractivity contribution < 1.29 is 0 Å². The van der Waals surface area contributed by atoms with E-state index in [-0.39, 0.29) is 6.71 Å². The van der Waals surface area contributed by atoms with Crippen molar-refractivity contribution in [3.63, 3.8) is 0 Å². The summed E-state index contributed by atoms with van der Waals surface area (Å²) in [6.07, 6.45) is 0. The molecule has 0 saturated carbocycles. The standard InChI is InChI=1S/C110H72BN3/c1-5-29-73(30-6-1)79-41-21-45-83(65-79)94-55-27-56-95(84-46-22-42-80(66-84)74-31-7-2-8-32-74)109(94)113-104-63-61-87(92-53-25-39-77-37-13-15-49-90(77)92)69-100(104)111-101-70-88(93-54-26-40-78-38-14-16-50-91(78)93)62-64-105(101)114(107-72-89(71-106(113)108(107)111)112-102-59-19-17-51-98(102)99-52-18-20-60-103(99)112)110-96(85-47-23-43-81(67-85)75-33-9-3-10-34-75)57-28-58-97(110)86-48-24-44-82(68-86)76-35-11-4-12-36-76/h1-72H. The van der Waals surface area contributed by atoms with Gasteiger partial charge in [-0.3, -0.25) is 0 Å². The molecule has 20 aromatic rings. The number of benzene rings is 19. The van der Waals surface area contributed by atoms with Gasteiger partial charge in [-0.05, 0) is 188 Å². The molecule has 3 nitrogen and oxygen atoms in total. The van der Waals surface area contributed by atoms with Crippen molar-refractivity contribution in [3.05, 3.63) is 437 Å². The number of nitrogens with zero attached hydrogens (tertiary/aromatic N) is 3. The van der Waals surface area contributed by atoms with Crippen LogP contribution in [-0.2, 0) is 0 Å². The molecular weight excluding hydrogens is 1370 g/mol. The first kappa shape index (κ1) is 66.2. The van der Waals surface area contributed by atoms with Crippen LogP contribution in [0.2, 0.25) is 0 Å². The molecule has 0 atom stereocenters. The summed E-state index contributed by atoms with van der Waals surface area (Å²) in [6.45, 7) is -0.346. The van der Waals surface area contributed by atoms with Crippen molar-refractivity contribution in [2.75, 3.05) is 9.80 Å². The van der Waals surface area contributed by atoms with E-state index >= 15 is 0 Å². The van der Waals surface area contributed by atoms with E-state index in [4.69, 9.17) is 0 Å². The molecule has 0 saturated heterocycles. The van der Waals surface area contributed by atoms with Gasteiger partial charge in [0.1, 0.15) is 0 Å². The van der Waals surface area contributed by atoms with E-state index in [2.05, 4.69) is 451 Å². The molecule has 19 aromatic carbocycles. The molecule has 0 bridgehead atoms. The van der Waals surface area contributed by atoms with Gasteiger partial charge in [-0.1, -0.05) is 376 Å². The average molecular weight is 1450 g/mol. The summed E-state index contributed by atoms with van der Waals surface area (Å²) in [5, 5.41) is 7.20. The van der Waals surface area contributed by atoms with Crippen LogP contribution >= 0.6 is 0 Å². The van der Waals surface area contributed by atoms with Gasteiger partial charge < -0.3 is 14.4 Å². The lowest BCUT2D eigenvalue weighted by Crippen LogP contribution is -2.61. The minimum absolute atomic E-state index is 0.346. The minimum atomic E-state index is -0.346. The summed E-state index contributed by atoms with van der Waals surface area (Å²) in [5.74, 6) is 0. The fraction of sp³-hybridized carbons (Fsp3) is 0. The van der Waals surface area contributed by atoms with Crippen molar-refractivity contribution in [1.82, 2.24) is 4.57 Å². The average Bonchev–Trinajstić information content (AvgIpc) is 0.830. The van der Waals surface area contributed by atoms with Crippen LogP contribution in [0.15, 0.2) is 437 Å². The molecule has 1 aromatic heterocycles. The number of hydrogen-bond acceptors (Lipinski definition) is 2. The first-order valence-electron chi connectivity index (χ1n) is 39.5. The second-order valence-corrected chi connectivity index (χ2v) is 30.2. The quantitative estimate of drug-likeness (QED) is 0.107. The molecular formula is C110H72BN3. The lowest BCUT2D eigenvalue weighted by atomic mass is 9.33. The monoisotopic (exact) mass is 1450 g/mol. The SMILES string of the molecule is c1ccc(-c2cccc(-c3cccc(-c4cccc(-c5ccccc5)c4)c3N3c4ccc(-c5cccc6ccccc56)cc4B4c5cc(-c6cccc7ccccc67)ccc5N(c5c(-c6cccc(-c7ccccc7)c6)cccc5-c5cccc(-c6ccccc6)c5)c5cc(-n6c7ccccc7c7ccccc76)cc3c54)c2)cc1. The second kappa shape index (κ2) is 27.6. The van der Waals surface area contributed by atoms with Gasteiger partial charge in [-0.25, -0.2) is 0 Å². The molecule has 22 rings (SSSR count). The molecule has 4 heteroatoms. The van der Waals surface area contributed by atoms with Gasteiger partial charge in [-0.15, -0.1) is 0 Å². The molecule has 0 amide bonds. The molecule has 0 N–H and O–H groups in total. The first-order valence-corrected chi connectivity index (χ1v) is 39.5. The molecule has 114 heavy (non-hydrogen) atoms. The van der Waals surface area contributed by atoms with Crippen molar-refractivity contribution in [2.45, 2.75) is 0 Å². The van der Waals surface area contributed by atoms with Gasteiger partial charge in [0.25, 0.3) is 6.71 Å². The summed E-state index contributed by atoms with van der Waals surface area (Å²) in [7, 11) is 0. The molecule has 0 aliphatic carbocycles. The van der Waals surface area contributed by atoms with Crippen LogP contribution in [0.1, 0.15) is 0 Å². The third-order valence-corrected chi connectivity index (χ3v) is 23.7. The van der Waals surface area contributed by atoms with E-state index < -0.39 is 0 Å². The Morgan fingerprint density at radius 1 is 0.175 bits per heavy atom. The number of rotatable bonds is 13. The van der Waals surface area contributed by atoms with Crippen LogP contribution in [0, 0.1) is 0 Å².